The summed E-state index contributed by atoms with van der Waals surface area (Å²) < 4.78 is 5.31. The van der Waals surface area contributed by atoms with Crippen LogP contribution in [0, 0.1) is 23.2 Å². The third-order valence-corrected chi connectivity index (χ3v) is 3.24. The van der Waals surface area contributed by atoms with Gasteiger partial charge in [-0.3, -0.25) is 4.79 Å². The molecular formula is C14H24O2. The molecule has 0 radical (unpaired) electrons. The second-order valence-corrected chi connectivity index (χ2v) is 6.09. The van der Waals surface area contributed by atoms with Crippen molar-refractivity contribution >= 4 is 5.97 Å². The van der Waals surface area contributed by atoms with Crippen molar-refractivity contribution in [3.63, 3.8) is 0 Å². The number of ether oxygens (including phenoxy) is 1. The Morgan fingerprint density at radius 2 is 1.94 bits per heavy atom. The fraction of sp³-hybridized carbons (Fsp3) is 0.786. The highest BCUT2D eigenvalue weighted by molar-refractivity contribution is 5.78. The van der Waals surface area contributed by atoms with E-state index in [2.05, 4.69) is 47.6 Å². The zero-order valence-electron chi connectivity index (χ0n) is 11.3. The summed E-state index contributed by atoms with van der Waals surface area (Å²) in [7, 11) is 0. The SMILES string of the molecule is CC(C)=C[C@@H]1[C@H](C(=O)OCC(C)C)C1(C)C. The molecular weight excluding hydrogens is 200 g/mol. The Balaban J connectivity index is 2.56. The van der Waals surface area contributed by atoms with Crippen LogP contribution in [0.4, 0.5) is 0 Å². The largest absolute Gasteiger partial charge is 0.465 e. The zero-order chi connectivity index (χ0) is 12.5. The van der Waals surface area contributed by atoms with Gasteiger partial charge in [-0.2, -0.15) is 0 Å². The van der Waals surface area contributed by atoms with Gasteiger partial charge in [0.1, 0.15) is 0 Å². The highest BCUT2D eigenvalue weighted by Gasteiger charge is 2.61. The summed E-state index contributed by atoms with van der Waals surface area (Å²) in [5.74, 6) is 0.798. The van der Waals surface area contributed by atoms with Crippen LogP contribution in [0.3, 0.4) is 0 Å². The second kappa shape index (κ2) is 4.60. The van der Waals surface area contributed by atoms with Gasteiger partial charge in [0.25, 0.3) is 0 Å². The van der Waals surface area contributed by atoms with Crippen LogP contribution < -0.4 is 0 Å². The molecule has 0 aromatic rings. The minimum atomic E-state index is -0.0267. The van der Waals surface area contributed by atoms with Gasteiger partial charge in [0, 0.05) is 0 Å². The van der Waals surface area contributed by atoms with E-state index in [1.54, 1.807) is 0 Å². The lowest BCUT2D eigenvalue weighted by molar-refractivity contribution is -0.147. The number of carbonyl (C=O) groups excluding carboxylic acids is 1. The summed E-state index contributed by atoms with van der Waals surface area (Å²) in [5.41, 5.74) is 1.35. The van der Waals surface area contributed by atoms with E-state index in [0.29, 0.717) is 18.4 Å². The lowest BCUT2D eigenvalue weighted by atomic mass is 10.1. The molecule has 0 aromatic heterocycles. The second-order valence-electron chi connectivity index (χ2n) is 6.09. The molecule has 1 aliphatic carbocycles. The summed E-state index contributed by atoms with van der Waals surface area (Å²) in [5, 5.41) is 0. The predicted octanol–water partition coefficient (Wildman–Crippen LogP) is 3.42. The van der Waals surface area contributed by atoms with Crippen LogP contribution in [0.15, 0.2) is 11.6 Å². The van der Waals surface area contributed by atoms with Crippen LogP contribution in [0.2, 0.25) is 0 Å². The Morgan fingerprint density at radius 3 is 2.38 bits per heavy atom. The van der Waals surface area contributed by atoms with Crippen LogP contribution in [0.1, 0.15) is 41.5 Å². The molecule has 0 spiro atoms. The Morgan fingerprint density at radius 1 is 1.38 bits per heavy atom. The van der Waals surface area contributed by atoms with Crippen molar-refractivity contribution in [1.29, 1.82) is 0 Å². The van der Waals surface area contributed by atoms with Gasteiger partial charge in [-0.05, 0) is 31.1 Å². The van der Waals surface area contributed by atoms with E-state index in [9.17, 15) is 4.79 Å². The fourth-order valence-electron chi connectivity index (χ4n) is 2.14. The molecule has 0 aliphatic heterocycles. The quantitative estimate of drug-likeness (QED) is 0.540. The van der Waals surface area contributed by atoms with E-state index in [0.717, 1.165) is 0 Å². The smallest absolute Gasteiger partial charge is 0.310 e. The van der Waals surface area contributed by atoms with E-state index in [-0.39, 0.29) is 17.3 Å². The monoisotopic (exact) mass is 224 g/mol. The Kier molecular flexibility index (Phi) is 3.82. The van der Waals surface area contributed by atoms with Crippen LogP contribution >= 0.6 is 0 Å². The zero-order valence-corrected chi connectivity index (χ0v) is 11.3. The number of allylic oxidation sites excluding steroid dienone is 2. The number of rotatable bonds is 4. The summed E-state index contributed by atoms with van der Waals surface area (Å²) in [6.45, 7) is 13.1. The number of esters is 1. The first-order chi connectivity index (χ1) is 7.26. The van der Waals surface area contributed by atoms with Crippen molar-refractivity contribution in [2.45, 2.75) is 41.5 Å². The van der Waals surface area contributed by atoms with Crippen molar-refractivity contribution in [3.8, 4) is 0 Å². The molecule has 0 heterocycles. The molecule has 0 unspecified atom stereocenters. The number of carbonyl (C=O) groups is 1. The summed E-state index contributed by atoms with van der Waals surface area (Å²) in [6, 6.07) is 0. The summed E-state index contributed by atoms with van der Waals surface area (Å²) in [4.78, 5) is 11.9. The third-order valence-electron chi connectivity index (χ3n) is 3.24. The first kappa shape index (κ1) is 13.3. The molecule has 0 N–H and O–H groups in total. The van der Waals surface area contributed by atoms with Gasteiger partial charge >= 0.3 is 5.97 Å². The molecule has 2 heteroatoms. The van der Waals surface area contributed by atoms with Crippen LogP contribution in [0.5, 0.6) is 0 Å². The maximum atomic E-state index is 11.9. The van der Waals surface area contributed by atoms with Crippen molar-refractivity contribution in [1.82, 2.24) is 0 Å². The highest BCUT2D eigenvalue weighted by atomic mass is 16.5. The average Bonchev–Trinajstić information content (AvgIpc) is 2.63. The van der Waals surface area contributed by atoms with Crippen LogP contribution in [-0.4, -0.2) is 12.6 Å². The molecule has 0 amide bonds. The number of hydrogen-bond acceptors (Lipinski definition) is 2. The van der Waals surface area contributed by atoms with Crippen LogP contribution in [-0.2, 0) is 9.53 Å². The van der Waals surface area contributed by atoms with Gasteiger partial charge in [0.15, 0.2) is 0 Å². The molecule has 1 rings (SSSR count). The number of hydrogen-bond donors (Lipinski definition) is 0. The molecule has 16 heavy (non-hydrogen) atoms. The van der Waals surface area contributed by atoms with Gasteiger partial charge in [-0.25, -0.2) is 0 Å². The van der Waals surface area contributed by atoms with E-state index >= 15 is 0 Å². The molecule has 2 nitrogen and oxygen atoms in total. The predicted molar refractivity (Wildman–Crippen MR) is 66.0 cm³/mol. The van der Waals surface area contributed by atoms with Crippen molar-refractivity contribution < 1.29 is 9.53 Å². The highest BCUT2D eigenvalue weighted by Crippen LogP contribution is 2.59. The van der Waals surface area contributed by atoms with E-state index in [4.69, 9.17) is 4.74 Å². The van der Waals surface area contributed by atoms with E-state index in [1.807, 2.05) is 0 Å². The molecule has 1 fully saturated rings. The van der Waals surface area contributed by atoms with Gasteiger partial charge in [0.2, 0.25) is 0 Å². The Bertz CT molecular complexity index is 296. The normalized spacial score (nSPS) is 26.4. The Labute approximate surface area is 99.1 Å². The minimum Gasteiger partial charge on any atom is -0.465 e. The molecule has 1 saturated carbocycles. The molecule has 0 saturated heterocycles. The fourth-order valence-corrected chi connectivity index (χ4v) is 2.14. The average molecular weight is 224 g/mol. The lowest BCUT2D eigenvalue weighted by Gasteiger charge is -2.07. The Hall–Kier alpha value is -0.790. The lowest BCUT2D eigenvalue weighted by Crippen LogP contribution is -2.14. The van der Waals surface area contributed by atoms with Gasteiger partial charge in [-0.1, -0.05) is 39.3 Å². The molecule has 0 aromatic carbocycles. The third kappa shape index (κ3) is 2.87. The van der Waals surface area contributed by atoms with Gasteiger partial charge in [0.05, 0.1) is 12.5 Å². The topological polar surface area (TPSA) is 26.3 Å². The van der Waals surface area contributed by atoms with Crippen molar-refractivity contribution in [2.24, 2.45) is 23.2 Å². The molecule has 92 valence electrons. The first-order valence-electron chi connectivity index (χ1n) is 6.08. The molecule has 0 bridgehead atoms. The molecule has 2 atom stereocenters. The maximum absolute atomic E-state index is 11.9. The summed E-state index contributed by atoms with van der Waals surface area (Å²) in [6.07, 6.45) is 2.20. The maximum Gasteiger partial charge on any atom is 0.310 e. The van der Waals surface area contributed by atoms with E-state index in [1.165, 1.54) is 5.57 Å². The van der Waals surface area contributed by atoms with Crippen LogP contribution in [0.25, 0.3) is 0 Å². The molecule has 1 aliphatic rings. The minimum absolute atomic E-state index is 0.0267. The first-order valence-corrected chi connectivity index (χ1v) is 6.08. The van der Waals surface area contributed by atoms with Crippen molar-refractivity contribution in [3.05, 3.63) is 11.6 Å². The van der Waals surface area contributed by atoms with Crippen molar-refractivity contribution in [2.75, 3.05) is 6.61 Å². The van der Waals surface area contributed by atoms with Gasteiger partial charge in [-0.15, -0.1) is 0 Å². The summed E-state index contributed by atoms with van der Waals surface area (Å²) >= 11 is 0. The van der Waals surface area contributed by atoms with Gasteiger partial charge < -0.3 is 4.74 Å². The standard InChI is InChI=1S/C14H24O2/c1-9(2)7-11-12(14(11,5)6)13(15)16-8-10(3)4/h7,10-12H,8H2,1-6H3/t11-,12-/m1/s1. The van der Waals surface area contributed by atoms with E-state index < -0.39 is 0 Å².